The van der Waals surface area contributed by atoms with Gasteiger partial charge in [-0.3, -0.25) is 0 Å². The maximum atomic E-state index is 12.4. The van der Waals surface area contributed by atoms with Crippen molar-refractivity contribution in [3.05, 3.63) is 60.2 Å². The Hall–Kier alpha value is -2.34. The van der Waals surface area contributed by atoms with Crippen LogP contribution in [0.15, 0.2) is 64.6 Å². The molecule has 2 aromatic carbocycles. The largest absolute Gasteiger partial charge is 0.496 e. The number of para-hydroxylation sites is 1. The lowest BCUT2D eigenvalue weighted by molar-refractivity contribution is 0.102. The van der Waals surface area contributed by atoms with Crippen LogP contribution in [-0.2, 0) is 14.7 Å². The van der Waals surface area contributed by atoms with Crippen molar-refractivity contribution in [1.29, 1.82) is 0 Å². The molecule has 1 aliphatic rings. The fourth-order valence-electron chi connectivity index (χ4n) is 2.53. The summed E-state index contributed by atoms with van der Waals surface area (Å²) in [4.78, 5) is 5.63. The standard InChI is InChI=1S/C17H17NO4S/c1-21-17-10-6-5-9-15(17)16-11-13(22-18-16)12-23(19,20)14-7-3-2-4-8-14/h2-10,13H,11-12H2,1H3. The second-order valence-corrected chi connectivity index (χ2v) is 7.30. The molecule has 0 N–H and O–H groups in total. The molecule has 6 heteroatoms. The first-order valence-electron chi connectivity index (χ1n) is 7.24. The van der Waals surface area contributed by atoms with E-state index in [0.717, 1.165) is 5.56 Å². The van der Waals surface area contributed by atoms with E-state index in [2.05, 4.69) is 5.16 Å². The molecule has 5 nitrogen and oxygen atoms in total. The van der Waals surface area contributed by atoms with Gasteiger partial charge in [0.05, 0.1) is 23.5 Å². The van der Waals surface area contributed by atoms with Gasteiger partial charge in [-0.05, 0) is 24.3 Å². The van der Waals surface area contributed by atoms with Crippen LogP contribution in [0.25, 0.3) is 0 Å². The van der Waals surface area contributed by atoms with Crippen LogP contribution in [0.2, 0.25) is 0 Å². The van der Waals surface area contributed by atoms with Crippen LogP contribution in [0.1, 0.15) is 12.0 Å². The number of hydrogen-bond acceptors (Lipinski definition) is 5. The fourth-order valence-corrected chi connectivity index (χ4v) is 3.96. The van der Waals surface area contributed by atoms with Gasteiger partial charge in [0.1, 0.15) is 11.9 Å². The number of oxime groups is 1. The quantitative estimate of drug-likeness (QED) is 0.845. The van der Waals surface area contributed by atoms with Crippen LogP contribution in [0, 0.1) is 0 Å². The molecular weight excluding hydrogens is 314 g/mol. The number of hydrogen-bond donors (Lipinski definition) is 0. The van der Waals surface area contributed by atoms with Crippen LogP contribution in [-0.4, -0.2) is 33.1 Å². The molecule has 0 fully saturated rings. The number of methoxy groups -OCH3 is 1. The number of ether oxygens (including phenoxy) is 1. The molecule has 1 aliphatic heterocycles. The molecule has 0 bridgehead atoms. The lowest BCUT2D eigenvalue weighted by Crippen LogP contribution is -2.21. The van der Waals surface area contributed by atoms with Gasteiger partial charge < -0.3 is 9.57 Å². The molecule has 0 spiro atoms. The second-order valence-electron chi connectivity index (χ2n) is 5.26. The van der Waals surface area contributed by atoms with Crippen LogP contribution in [0.4, 0.5) is 0 Å². The molecule has 120 valence electrons. The summed E-state index contributed by atoms with van der Waals surface area (Å²) in [7, 11) is -1.80. The van der Waals surface area contributed by atoms with Gasteiger partial charge in [-0.25, -0.2) is 8.42 Å². The van der Waals surface area contributed by atoms with Gasteiger partial charge in [0.25, 0.3) is 0 Å². The molecule has 0 aromatic heterocycles. The molecule has 0 aliphatic carbocycles. The number of benzene rings is 2. The van der Waals surface area contributed by atoms with Gasteiger partial charge in [0.2, 0.25) is 0 Å². The highest BCUT2D eigenvalue weighted by Gasteiger charge is 2.29. The first-order valence-corrected chi connectivity index (χ1v) is 8.89. The molecule has 1 atom stereocenters. The Morgan fingerprint density at radius 3 is 2.57 bits per heavy atom. The van der Waals surface area contributed by atoms with Gasteiger partial charge in [-0.15, -0.1) is 0 Å². The summed E-state index contributed by atoms with van der Waals surface area (Å²) >= 11 is 0. The van der Waals surface area contributed by atoms with E-state index < -0.39 is 15.9 Å². The van der Waals surface area contributed by atoms with Gasteiger partial charge in [-0.2, -0.15) is 0 Å². The summed E-state index contributed by atoms with van der Waals surface area (Å²) in [6, 6.07) is 15.9. The Bertz CT molecular complexity index is 815. The SMILES string of the molecule is COc1ccccc1C1=NOC(CS(=O)(=O)c2ccccc2)C1. The minimum absolute atomic E-state index is 0.0981. The van der Waals surface area contributed by atoms with E-state index in [1.165, 1.54) is 0 Å². The molecule has 0 saturated carbocycles. The normalized spacial score (nSPS) is 17.4. The van der Waals surface area contributed by atoms with Crippen molar-refractivity contribution in [2.24, 2.45) is 5.16 Å². The van der Waals surface area contributed by atoms with Crippen LogP contribution in [0.5, 0.6) is 5.75 Å². The number of sulfone groups is 1. The number of rotatable bonds is 5. The van der Waals surface area contributed by atoms with E-state index >= 15 is 0 Å². The molecule has 2 aromatic rings. The summed E-state index contributed by atoms with van der Waals surface area (Å²) in [6.07, 6.45) is -0.0491. The maximum absolute atomic E-state index is 12.4. The Morgan fingerprint density at radius 1 is 1.13 bits per heavy atom. The summed E-state index contributed by atoms with van der Waals surface area (Å²) in [5.74, 6) is 0.598. The van der Waals surface area contributed by atoms with Crippen molar-refractivity contribution >= 4 is 15.5 Å². The monoisotopic (exact) mass is 331 g/mol. The molecule has 23 heavy (non-hydrogen) atoms. The fraction of sp³-hybridized carbons (Fsp3) is 0.235. The summed E-state index contributed by atoms with van der Waals surface area (Å²) < 4.78 is 30.1. The van der Waals surface area contributed by atoms with E-state index in [4.69, 9.17) is 9.57 Å². The van der Waals surface area contributed by atoms with Crippen LogP contribution >= 0.6 is 0 Å². The number of nitrogens with zero attached hydrogens (tertiary/aromatic N) is 1. The third kappa shape index (κ3) is 3.37. The molecule has 1 heterocycles. The third-order valence-corrected chi connectivity index (χ3v) is 5.46. The van der Waals surface area contributed by atoms with E-state index in [1.807, 2.05) is 24.3 Å². The van der Waals surface area contributed by atoms with E-state index in [-0.39, 0.29) is 5.75 Å². The minimum atomic E-state index is -3.39. The highest BCUT2D eigenvalue weighted by atomic mass is 32.2. The molecule has 0 radical (unpaired) electrons. The average molecular weight is 331 g/mol. The Labute approximate surface area is 135 Å². The van der Waals surface area contributed by atoms with Crippen LogP contribution in [0.3, 0.4) is 0 Å². The van der Waals surface area contributed by atoms with Gasteiger partial charge in [0.15, 0.2) is 9.84 Å². The highest BCUT2D eigenvalue weighted by molar-refractivity contribution is 7.91. The zero-order valence-corrected chi connectivity index (χ0v) is 13.5. The van der Waals surface area contributed by atoms with Crippen molar-refractivity contribution in [2.45, 2.75) is 17.4 Å². The van der Waals surface area contributed by atoms with Crippen LogP contribution < -0.4 is 4.74 Å². The minimum Gasteiger partial charge on any atom is -0.496 e. The lowest BCUT2D eigenvalue weighted by atomic mass is 10.0. The second kappa shape index (κ2) is 6.42. The highest BCUT2D eigenvalue weighted by Crippen LogP contribution is 2.26. The van der Waals surface area contributed by atoms with E-state index in [1.54, 1.807) is 37.4 Å². The Kier molecular flexibility index (Phi) is 4.34. The summed E-state index contributed by atoms with van der Waals surface area (Å²) in [5, 5.41) is 4.05. The molecule has 0 amide bonds. The first-order chi connectivity index (χ1) is 11.1. The smallest absolute Gasteiger partial charge is 0.182 e. The molecule has 0 saturated heterocycles. The van der Waals surface area contributed by atoms with Gasteiger partial charge >= 0.3 is 0 Å². The Balaban J connectivity index is 1.73. The third-order valence-electron chi connectivity index (χ3n) is 3.66. The predicted octanol–water partition coefficient (Wildman–Crippen LogP) is 2.66. The average Bonchev–Trinajstić information content (AvgIpc) is 3.03. The van der Waals surface area contributed by atoms with Gasteiger partial charge in [-0.1, -0.05) is 35.5 Å². The Morgan fingerprint density at radius 2 is 1.83 bits per heavy atom. The molecule has 1 unspecified atom stereocenters. The molecule has 3 rings (SSSR count). The van der Waals surface area contributed by atoms with Gasteiger partial charge in [0, 0.05) is 12.0 Å². The van der Waals surface area contributed by atoms with Crippen molar-refractivity contribution in [3.63, 3.8) is 0 Å². The van der Waals surface area contributed by atoms with E-state index in [9.17, 15) is 8.42 Å². The summed E-state index contributed by atoms with van der Waals surface area (Å²) in [5.41, 5.74) is 1.53. The topological polar surface area (TPSA) is 65.0 Å². The van der Waals surface area contributed by atoms with Crippen molar-refractivity contribution in [3.8, 4) is 5.75 Å². The lowest BCUT2D eigenvalue weighted by Gasteiger charge is -2.10. The zero-order chi connectivity index (χ0) is 16.3. The van der Waals surface area contributed by atoms with Crippen molar-refractivity contribution in [1.82, 2.24) is 0 Å². The van der Waals surface area contributed by atoms with E-state index in [0.29, 0.717) is 22.8 Å². The zero-order valence-electron chi connectivity index (χ0n) is 12.7. The summed E-state index contributed by atoms with van der Waals surface area (Å²) in [6.45, 7) is 0. The van der Waals surface area contributed by atoms with Crippen molar-refractivity contribution < 1.29 is 18.0 Å². The predicted molar refractivity (Wildman–Crippen MR) is 87.5 cm³/mol. The van der Waals surface area contributed by atoms with Crippen molar-refractivity contribution in [2.75, 3.05) is 12.9 Å². The molecular formula is C17H17NO4S. The first kappa shape index (κ1) is 15.6. The maximum Gasteiger partial charge on any atom is 0.182 e.